The van der Waals surface area contributed by atoms with E-state index in [0.717, 1.165) is 17.1 Å². The first kappa shape index (κ1) is 31.5. The minimum Gasteiger partial charge on any atom is -0.493 e. The van der Waals surface area contributed by atoms with E-state index in [1.807, 2.05) is 24.3 Å². The van der Waals surface area contributed by atoms with Crippen LogP contribution in [0.3, 0.4) is 0 Å². The van der Waals surface area contributed by atoms with Gasteiger partial charge >= 0.3 is 11.9 Å². The number of rotatable bonds is 13. The molecule has 0 radical (unpaired) electrons. The Morgan fingerprint density at radius 3 is 2.22 bits per heavy atom. The number of hydrogen-bond donors (Lipinski definition) is 2. The summed E-state index contributed by atoms with van der Waals surface area (Å²) in [6.45, 7) is 4.36. The maximum absolute atomic E-state index is 12.6. The zero-order chi connectivity index (χ0) is 32.6. The number of aromatic carboxylic acids is 1. The van der Waals surface area contributed by atoms with Gasteiger partial charge in [-0.15, -0.1) is 0 Å². The Morgan fingerprint density at radius 1 is 0.870 bits per heavy atom. The molecule has 0 bridgehead atoms. The predicted octanol–water partition coefficient (Wildman–Crippen LogP) is 6.32. The van der Waals surface area contributed by atoms with E-state index in [0.29, 0.717) is 39.9 Å². The monoisotopic (exact) mass is 623 g/mol. The van der Waals surface area contributed by atoms with Crippen molar-refractivity contribution in [2.45, 2.75) is 27.1 Å². The molecule has 2 aromatic heterocycles. The quantitative estimate of drug-likeness (QED) is 0.115. The van der Waals surface area contributed by atoms with Crippen molar-refractivity contribution in [1.29, 1.82) is 0 Å². The number of benzene rings is 3. The van der Waals surface area contributed by atoms with Crippen molar-refractivity contribution in [3.8, 4) is 28.7 Å². The number of amides is 1. The molecule has 5 aromatic rings. The van der Waals surface area contributed by atoms with Crippen LogP contribution in [0, 0.1) is 13.8 Å². The highest BCUT2D eigenvalue weighted by Gasteiger charge is 2.16. The summed E-state index contributed by atoms with van der Waals surface area (Å²) in [7, 11) is 2.96. The van der Waals surface area contributed by atoms with Crippen LogP contribution in [0.15, 0.2) is 94.4 Å². The molecule has 2 N–H and O–H groups in total. The summed E-state index contributed by atoms with van der Waals surface area (Å²) in [4.78, 5) is 23.9. The van der Waals surface area contributed by atoms with Gasteiger partial charge < -0.3 is 33.0 Å². The van der Waals surface area contributed by atoms with Gasteiger partial charge in [0, 0.05) is 22.6 Å². The first-order valence-electron chi connectivity index (χ1n) is 14.3. The highest BCUT2D eigenvalue weighted by Crippen LogP contribution is 2.38. The normalized spacial score (nSPS) is 11.0. The van der Waals surface area contributed by atoms with Crippen molar-refractivity contribution in [3.63, 3.8) is 0 Å². The van der Waals surface area contributed by atoms with Gasteiger partial charge in [-0.25, -0.2) is 10.2 Å². The molecule has 0 atom stereocenters. The molecule has 0 aliphatic heterocycles. The van der Waals surface area contributed by atoms with Gasteiger partial charge in [0.25, 0.3) is 0 Å². The molecule has 11 heteroatoms. The first-order chi connectivity index (χ1) is 22.2. The van der Waals surface area contributed by atoms with Crippen LogP contribution >= 0.6 is 0 Å². The molecule has 0 aliphatic rings. The maximum Gasteiger partial charge on any atom is 0.335 e. The Labute approximate surface area is 265 Å². The number of nitrogens with one attached hydrogen (secondary N) is 1. The lowest BCUT2D eigenvalue weighted by atomic mass is 10.1. The van der Waals surface area contributed by atoms with E-state index in [1.54, 1.807) is 36.4 Å². The topological polar surface area (TPSA) is 134 Å². The van der Waals surface area contributed by atoms with Gasteiger partial charge in [0.15, 0.2) is 17.3 Å². The van der Waals surface area contributed by atoms with E-state index in [1.165, 1.54) is 32.6 Å². The Kier molecular flexibility index (Phi) is 9.72. The number of carbonyl (C=O) groups is 2. The van der Waals surface area contributed by atoms with Crippen molar-refractivity contribution in [1.82, 2.24) is 9.99 Å². The molecule has 2 heterocycles. The second-order valence-corrected chi connectivity index (χ2v) is 10.2. The molecule has 0 aliphatic carbocycles. The van der Waals surface area contributed by atoms with Crippen molar-refractivity contribution in [2.75, 3.05) is 14.2 Å². The molecular formula is C35H33N3O8. The summed E-state index contributed by atoms with van der Waals surface area (Å²) < 4.78 is 30.6. The van der Waals surface area contributed by atoms with Gasteiger partial charge in [-0.1, -0.05) is 12.1 Å². The van der Waals surface area contributed by atoms with E-state index in [4.69, 9.17) is 23.4 Å². The smallest absolute Gasteiger partial charge is 0.335 e. The third-order valence-electron chi connectivity index (χ3n) is 7.05. The number of carbonyl (C=O) groups excluding carboxylic acids is 1. The number of aromatic nitrogens is 1. The number of carboxylic acid groups (broad SMARTS) is 1. The summed E-state index contributed by atoms with van der Waals surface area (Å²) in [6.07, 6.45) is 1.43. The SMILES string of the molecule is COc1cc(/C=N/NC(=O)c2ccc(COc3ccc(-n4c(C)ccc4C)cc3)o2)cc(OC)c1OCc1cccc(C(=O)O)c1. The standard InChI is InChI=1S/C35H33N3O8/c1-22-8-9-23(2)38(22)27-10-12-28(13-11-27)44-21-29-14-15-30(46-29)34(39)37-36-19-25-17-31(42-3)33(32(18-25)43-4)45-20-24-6-5-7-26(16-24)35(40)41/h5-19H,20-21H2,1-4H3,(H,37,39)(H,40,41)/b36-19+. The van der Waals surface area contributed by atoms with E-state index in [9.17, 15) is 14.7 Å². The van der Waals surface area contributed by atoms with Crippen LogP contribution in [0.2, 0.25) is 0 Å². The van der Waals surface area contributed by atoms with Crippen LogP contribution < -0.4 is 24.4 Å². The Bertz CT molecular complexity index is 1830. The third-order valence-corrected chi connectivity index (χ3v) is 7.05. The molecule has 236 valence electrons. The molecule has 0 fully saturated rings. The summed E-state index contributed by atoms with van der Waals surface area (Å²) in [5, 5.41) is 13.3. The number of nitrogens with zero attached hydrogens (tertiary/aromatic N) is 2. The fraction of sp³-hybridized carbons (Fsp3) is 0.171. The van der Waals surface area contributed by atoms with Crippen molar-refractivity contribution < 1.29 is 38.1 Å². The summed E-state index contributed by atoms with van der Waals surface area (Å²) in [5.74, 6) is 0.735. The number of methoxy groups -OCH3 is 2. The molecule has 0 saturated carbocycles. The molecule has 0 spiro atoms. The predicted molar refractivity (Wildman–Crippen MR) is 171 cm³/mol. The van der Waals surface area contributed by atoms with E-state index in [2.05, 4.69) is 41.1 Å². The van der Waals surface area contributed by atoms with E-state index >= 15 is 0 Å². The lowest BCUT2D eigenvalue weighted by Gasteiger charge is -2.15. The minimum atomic E-state index is -1.02. The van der Waals surface area contributed by atoms with Gasteiger partial charge in [-0.3, -0.25) is 4.79 Å². The van der Waals surface area contributed by atoms with Gasteiger partial charge in [-0.05, 0) is 92.2 Å². The molecule has 3 aromatic carbocycles. The number of aryl methyl sites for hydroxylation is 2. The fourth-order valence-electron chi connectivity index (χ4n) is 4.79. The van der Waals surface area contributed by atoms with Gasteiger partial charge in [0.05, 0.1) is 26.0 Å². The fourth-order valence-corrected chi connectivity index (χ4v) is 4.79. The van der Waals surface area contributed by atoms with Crippen LogP contribution in [0.4, 0.5) is 0 Å². The molecule has 5 rings (SSSR count). The zero-order valence-corrected chi connectivity index (χ0v) is 25.8. The van der Waals surface area contributed by atoms with E-state index < -0.39 is 11.9 Å². The summed E-state index contributed by atoms with van der Waals surface area (Å²) >= 11 is 0. The van der Waals surface area contributed by atoms with Gasteiger partial charge in [0.1, 0.15) is 24.7 Å². The van der Waals surface area contributed by atoms with Crippen molar-refractivity contribution in [3.05, 3.63) is 125 Å². The zero-order valence-electron chi connectivity index (χ0n) is 25.8. The molecular weight excluding hydrogens is 590 g/mol. The lowest BCUT2D eigenvalue weighted by Crippen LogP contribution is -2.16. The third kappa shape index (κ3) is 7.39. The number of furan rings is 1. The van der Waals surface area contributed by atoms with Crippen LogP contribution in [0.25, 0.3) is 5.69 Å². The Hall–Kier alpha value is -5.97. The number of carboxylic acids is 1. The highest BCUT2D eigenvalue weighted by atomic mass is 16.5. The minimum absolute atomic E-state index is 0.0792. The number of ether oxygens (including phenoxy) is 4. The van der Waals surface area contributed by atoms with Gasteiger partial charge in [0.2, 0.25) is 5.75 Å². The average molecular weight is 624 g/mol. The largest absolute Gasteiger partial charge is 0.493 e. The second kappa shape index (κ2) is 14.2. The number of hydrogen-bond acceptors (Lipinski definition) is 8. The van der Waals surface area contributed by atoms with Crippen LogP contribution in [-0.4, -0.2) is 42.0 Å². The summed E-state index contributed by atoms with van der Waals surface area (Å²) in [6, 6.07) is 24.9. The molecule has 46 heavy (non-hydrogen) atoms. The van der Waals surface area contributed by atoms with Crippen LogP contribution in [0.1, 0.15) is 49.2 Å². The lowest BCUT2D eigenvalue weighted by molar-refractivity contribution is 0.0696. The average Bonchev–Trinajstić information content (AvgIpc) is 3.68. The van der Waals surface area contributed by atoms with E-state index in [-0.39, 0.29) is 24.5 Å². The van der Waals surface area contributed by atoms with Crippen LogP contribution in [-0.2, 0) is 13.2 Å². The van der Waals surface area contributed by atoms with Crippen molar-refractivity contribution in [2.24, 2.45) is 5.10 Å². The van der Waals surface area contributed by atoms with Crippen LogP contribution in [0.5, 0.6) is 23.0 Å². The van der Waals surface area contributed by atoms with Gasteiger partial charge in [-0.2, -0.15) is 5.10 Å². The Balaban J connectivity index is 1.17. The Morgan fingerprint density at radius 2 is 1.57 bits per heavy atom. The maximum atomic E-state index is 12.6. The first-order valence-corrected chi connectivity index (χ1v) is 14.3. The molecule has 11 nitrogen and oxygen atoms in total. The number of hydrazone groups is 1. The van der Waals surface area contributed by atoms with Crippen molar-refractivity contribution >= 4 is 18.1 Å². The molecule has 0 saturated heterocycles. The summed E-state index contributed by atoms with van der Waals surface area (Å²) in [5.41, 5.74) is 7.19. The highest BCUT2D eigenvalue weighted by molar-refractivity contribution is 5.92. The molecule has 1 amide bonds. The molecule has 0 unspecified atom stereocenters. The second-order valence-electron chi connectivity index (χ2n) is 10.2.